The van der Waals surface area contributed by atoms with Crippen molar-refractivity contribution >= 4 is 15.9 Å². The fourth-order valence-corrected chi connectivity index (χ4v) is 7.03. The normalized spacial score (nSPS) is 20.6. The van der Waals surface area contributed by atoms with Gasteiger partial charge in [0.15, 0.2) is 11.5 Å². The van der Waals surface area contributed by atoms with Crippen LogP contribution in [0.2, 0.25) is 0 Å². The molecule has 4 aliphatic rings. The zero-order chi connectivity index (χ0) is 25.4. The molecule has 1 amide bonds. The summed E-state index contributed by atoms with van der Waals surface area (Å²) >= 11 is 0. The number of nitrogens with one attached hydrogen (secondary N) is 1. The molecule has 1 atom stereocenters. The van der Waals surface area contributed by atoms with Crippen LogP contribution in [0.4, 0.5) is 0 Å². The van der Waals surface area contributed by atoms with Crippen LogP contribution in [0.3, 0.4) is 0 Å². The van der Waals surface area contributed by atoms with Gasteiger partial charge in [-0.05, 0) is 54.1 Å². The second kappa shape index (κ2) is 10.1. The molecule has 196 valence electrons. The average Bonchev–Trinajstić information content (AvgIpc) is 3.48. The van der Waals surface area contributed by atoms with Crippen LogP contribution in [0.15, 0.2) is 64.6 Å². The maximum Gasteiger partial charge on any atom is 0.243 e. The number of hydrogen-bond donors (Lipinski definition) is 1. The van der Waals surface area contributed by atoms with Crippen molar-refractivity contribution in [2.75, 3.05) is 52.5 Å². The van der Waals surface area contributed by atoms with Crippen LogP contribution < -0.4 is 14.8 Å². The Kier molecular flexibility index (Phi) is 6.69. The molecule has 1 fully saturated rings. The molecule has 1 saturated carbocycles. The minimum atomic E-state index is -3.69. The molecule has 1 aliphatic carbocycles. The number of benzene rings is 2. The second-order valence-electron chi connectivity index (χ2n) is 10.4. The first-order valence-corrected chi connectivity index (χ1v) is 14.6. The summed E-state index contributed by atoms with van der Waals surface area (Å²) in [6, 6.07) is 14.7. The largest absolute Gasteiger partial charge is 0.486 e. The highest BCUT2D eigenvalue weighted by Gasteiger charge is 2.39. The number of amides is 1. The van der Waals surface area contributed by atoms with Gasteiger partial charge in [-0.15, -0.1) is 0 Å². The summed E-state index contributed by atoms with van der Waals surface area (Å²) in [5, 5.41) is 3.54. The lowest BCUT2D eigenvalue weighted by atomic mass is 9.85. The molecule has 9 heteroatoms. The van der Waals surface area contributed by atoms with E-state index in [1.54, 1.807) is 18.2 Å². The van der Waals surface area contributed by atoms with Gasteiger partial charge < -0.3 is 19.7 Å². The first-order valence-electron chi connectivity index (χ1n) is 13.1. The van der Waals surface area contributed by atoms with Crippen molar-refractivity contribution in [3.05, 3.63) is 65.2 Å². The van der Waals surface area contributed by atoms with Gasteiger partial charge in [-0.2, -0.15) is 4.31 Å². The minimum absolute atomic E-state index is 0.1000. The second-order valence-corrected chi connectivity index (χ2v) is 12.3. The van der Waals surface area contributed by atoms with Crippen molar-refractivity contribution in [2.45, 2.75) is 30.1 Å². The number of carbonyl (C=O) groups excluding carboxylic acids is 1. The fraction of sp³-hybridized carbons (Fsp3) is 0.464. The minimum Gasteiger partial charge on any atom is -0.486 e. The first kappa shape index (κ1) is 24.5. The third-order valence-corrected chi connectivity index (χ3v) is 9.75. The first-order chi connectivity index (χ1) is 18.0. The van der Waals surface area contributed by atoms with E-state index in [0.717, 1.165) is 29.2 Å². The zero-order valence-electron chi connectivity index (χ0n) is 20.9. The predicted octanol–water partition coefficient (Wildman–Crippen LogP) is 2.77. The van der Waals surface area contributed by atoms with E-state index in [2.05, 4.69) is 5.32 Å². The van der Waals surface area contributed by atoms with Gasteiger partial charge in [0, 0.05) is 38.8 Å². The zero-order valence-corrected chi connectivity index (χ0v) is 21.7. The molecule has 2 aromatic carbocycles. The van der Waals surface area contributed by atoms with Gasteiger partial charge in [0.25, 0.3) is 0 Å². The standard InChI is InChI=1S/C28H33N3O5S/c32-28(25(21-7-2-1-3-8-21)15-29-14-20-5-4-6-20)30-16-22-18-31(19-23(22)17-30)37(33,34)24-9-10-26-27(13-24)36-12-11-35-26/h1-3,7-10,13,20,25,29H,4-6,11-12,14-19H2. The molecular weight excluding hydrogens is 490 g/mol. The monoisotopic (exact) mass is 523 g/mol. The molecule has 0 spiro atoms. The van der Waals surface area contributed by atoms with Gasteiger partial charge in [-0.3, -0.25) is 4.79 Å². The molecule has 6 rings (SSSR count). The lowest BCUT2D eigenvalue weighted by molar-refractivity contribution is -0.131. The van der Waals surface area contributed by atoms with Crippen molar-refractivity contribution in [1.29, 1.82) is 0 Å². The number of hydrogen-bond acceptors (Lipinski definition) is 6. The Morgan fingerprint density at radius 3 is 2.32 bits per heavy atom. The van der Waals surface area contributed by atoms with E-state index in [0.29, 0.717) is 57.4 Å². The third-order valence-electron chi connectivity index (χ3n) is 7.97. The lowest BCUT2D eigenvalue weighted by Gasteiger charge is -2.29. The third kappa shape index (κ3) is 4.87. The highest BCUT2D eigenvalue weighted by Crippen LogP contribution is 2.36. The summed E-state index contributed by atoms with van der Waals surface area (Å²) in [6.07, 6.45) is 3.84. The molecule has 0 saturated heterocycles. The SMILES string of the molecule is O=C(C(CNCC1CCC1)c1ccccc1)N1CC2=C(C1)CN(S(=O)(=O)c1ccc3c(c1)OCCO3)C2. The maximum absolute atomic E-state index is 13.7. The van der Waals surface area contributed by atoms with Crippen LogP contribution in [0.1, 0.15) is 30.7 Å². The van der Waals surface area contributed by atoms with Gasteiger partial charge in [-0.25, -0.2) is 8.42 Å². The number of nitrogens with zero attached hydrogens (tertiary/aromatic N) is 2. The lowest BCUT2D eigenvalue weighted by Crippen LogP contribution is -2.41. The maximum atomic E-state index is 13.7. The molecule has 1 unspecified atom stereocenters. The van der Waals surface area contributed by atoms with Gasteiger partial charge in [0.1, 0.15) is 13.2 Å². The smallest absolute Gasteiger partial charge is 0.243 e. The Labute approximate surface area is 218 Å². The van der Waals surface area contributed by atoms with Crippen LogP contribution in [0.25, 0.3) is 0 Å². The summed E-state index contributed by atoms with van der Waals surface area (Å²) in [5.74, 6) is 1.60. The van der Waals surface area contributed by atoms with Crippen molar-refractivity contribution in [2.24, 2.45) is 5.92 Å². The Balaban J connectivity index is 1.11. The van der Waals surface area contributed by atoms with Gasteiger partial charge in [0.05, 0.1) is 10.8 Å². The van der Waals surface area contributed by atoms with Gasteiger partial charge in [0.2, 0.25) is 15.9 Å². The fourth-order valence-electron chi connectivity index (χ4n) is 5.59. The molecule has 3 heterocycles. The van der Waals surface area contributed by atoms with Crippen molar-refractivity contribution in [3.8, 4) is 11.5 Å². The van der Waals surface area contributed by atoms with E-state index >= 15 is 0 Å². The van der Waals surface area contributed by atoms with Crippen molar-refractivity contribution < 1.29 is 22.7 Å². The number of fused-ring (bicyclic) bond motifs is 1. The molecular formula is C28H33N3O5S. The quantitative estimate of drug-likeness (QED) is 0.536. The molecule has 0 aromatic heterocycles. The Hall–Kier alpha value is -2.88. The summed E-state index contributed by atoms with van der Waals surface area (Å²) in [4.78, 5) is 15.8. The van der Waals surface area contributed by atoms with Gasteiger partial charge in [-0.1, -0.05) is 36.8 Å². The number of sulfonamides is 1. The van der Waals surface area contributed by atoms with E-state index in [1.807, 2.05) is 35.2 Å². The van der Waals surface area contributed by atoms with E-state index < -0.39 is 10.0 Å². The van der Waals surface area contributed by atoms with Crippen molar-refractivity contribution in [3.63, 3.8) is 0 Å². The summed E-state index contributed by atoms with van der Waals surface area (Å²) < 4.78 is 39.4. The van der Waals surface area contributed by atoms with E-state index in [9.17, 15) is 13.2 Å². The Morgan fingerprint density at radius 2 is 1.65 bits per heavy atom. The summed E-state index contributed by atoms with van der Waals surface area (Å²) in [7, 11) is -3.69. The Morgan fingerprint density at radius 1 is 0.946 bits per heavy atom. The molecule has 37 heavy (non-hydrogen) atoms. The summed E-state index contributed by atoms with van der Waals surface area (Å²) in [5.41, 5.74) is 3.08. The number of rotatable bonds is 8. The molecule has 3 aliphatic heterocycles. The molecule has 2 aromatic rings. The van der Waals surface area contributed by atoms with E-state index in [-0.39, 0.29) is 16.7 Å². The summed E-state index contributed by atoms with van der Waals surface area (Å²) in [6.45, 7) is 4.01. The Bertz CT molecular complexity index is 1290. The molecule has 1 N–H and O–H groups in total. The number of carbonyl (C=O) groups is 1. The number of ether oxygens (including phenoxy) is 2. The van der Waals surface area contributed by atoms with Crippen molar-refractivity contribution in [1.82, 2.24) is 14.5 Å². The average molecular weight is 524 g/mol. The topological polar surface area (TPSA) is 88.2 Å². The van der Waals surface area contributed by atoms with Crippen LogP contribution in [0.5, 0.6) is 11.5 Å². The highest BCUT2D eigenvalue weighted by atomic mass is 32.2. The molecule has 8 nitrogen and oxygen atoms in total. The van der Waals surface area contributed by atoms with Gasteiger partial charge >= 0.3 is 0 Å². The van der Waals surface area contributed by atoms with E-state index in [4.69, 9.17) is 9.47 Å². The highest BCUT2D eigenvalue weighted by molar-refractivity contribution is 7.89. The van der Waals surface area contributed by atoms with E-state index in [1.165, 1.54) is 23.6 Å². The molecule has 0 radical (unpaired) electrons. The van der Waals surface area contributed by atoms with Crippen LogP contribution >= 0.6 is 0 Å². The van der Waals surface area contributed by atoms with Crippen LogP contribution in [-0.4, -0.2) is 76.0 Å². The van der Waals surface area contributed by atoms with Crippen LogP contribution in [-0.2, 0) is 14.8 Å². The van der Waals surface area contributed by atoms with Crippen LogP contribution in [0, 0.1) is 5.92 Å². The molecule has 0 bridgehead atoms. The predicted molar refractivity (Wildman–Crippen MR) is 139 cm³/mol.